The van der Waals surface area contributed by atoms with Gasteiger partial charge in [0.2, 0.25) is 0 Å². The summed E-state index contributed by atoms with van der Waals surface area (Å²) in [6, 6.07) is 10.6. The van der Waals surface area contributed by atoms with Crippen LogP contribution in [-0.2, 0) is 13.0 Å². The fraction of sp³-hybridized carbons (Fsp3) is 0.200. The molecule has 0 radical (unpaired) electrons. The summed E-state index contributed by atoms with van der Waals surface area (Å²) in [4.78, 5) is 0. The van der Waals surface area contributed by atoms with Crippen molar-refractivity contribution in [2.45, 2.75) is 13.0 Å². The molecule has 0 fully saturated rings. The number of hydrogen-bond acceptors (Lipinski definition) is 2. The average Bonchev–Trinajstić information content (AvgIpc) is 3.05. The first-order valence-electron chi connectivity index (χ1n) is 6.01. The van der Waals surface area contributed by atoms with Crippen molar-refractivity contribution in [3.63, 3.8) is 0 Å². The second-order valence-corrected chi connectivity index (χ2v) is 5.10. The van der Waals surface area contributed by atoms with Crippen LogP contribution in [0.3, 0.4) is 0 Å². The van der Waals surface area contributed by atoms with E-state index < -0.39 is 0 Å². The summed E-state index contributed by atoms with van der Waals surface area (Å²) in [5.41, 5.74) is 2.68. The van der Waals surface area contributed by atoms with Crippen molar-refractivity contribution in [1.29, 1.82) is 0 Å². The molecule has 0 bridgehead atoms. The molecule has 2 heterocycles. The molecule has 0 amide bonds. The van der Waals surface area contributed by atoms with Gasteiger partial charge >= 0.3 is 0 Å². The number of fused-ring (bicyclic) bond motifs is 1. The van der Waals surface area contributed by atoms with E-state index in [1.807, 2.05) is 6.07 Å². The first kappa shape index (κ1) is 11.4. The fourth-order valence-corrected chi connectivity index (χ4v) is 2.89. The molecule has 0 spiro atoms. The van der Waals surface area contributed by atoms with Crippen molar-refractivity contribution in [2.75, 3.05) is 7.11 Å². The highest BCUT2D eigenvalue weighted by Gasteiger charge is 2.03. The predicted molar refractivity (Wildman–Crippen MR) is 76.5 cm³/mol. The van der Waals surface area contributed by atoms with Crippen molar-refractivity contribution in [1.82, 2.24) is 4.57 Å². The lowest BCUT2D eigenvalue weighted by atomic mass is 10.2. The monoisotopic (exact) mass is 257 g/mol. The minimum absolute atomic E-state index is 0.915. The zero-order valence-electron chi connectivity index (χ0n) is 10.3. The number of aromatic nitrogens is 1. The van der Waals surface area contributed by atoms with Crippen molar-refractivity contribution < 1.29 is 4.74 Å². The normalized spacial score (nSPS) is 10.9. The van der Waals surface area contributed by atoms with E-state index >= 15 is 0 Å². The van der Waals surface area contributed by atoms with Gasteiger partial charge in [-0.2, -0.15) is 11.3 Å². The number of nitrogens with zero attached hydrogens (tertiary/aromatic N) is 1. The minimum atomic E-state index is 0.915. The van der Waals surface area contributed by atoms with Crippen LogP contribution < -0.4 is 4.74 Å². The largest absolute Gasteiger partial charge is 0.497 e. The fourth-order valence-electron chi connectivity index (χ4n) is 2.18. The van der Waals surface area contributed by atoms with Crippen molar-refractivity contribution in [2.24, 2.45) is 0 Å². The van der Waals surface area contributed by atoms with Crippen LogP contribution in [0.15, 0.2) is 47.3 Å². The molecular formula is C15H15NOS. The third-order valence-corrected chi connectivity index (χ3v) is 3.93. The highest BCUT2D eigenvalue weighted by molar-refractivity contribution is 7.07. The Kier molecular flexibility index (Phi) is 3.07. The van der Waals surface area contributed by atoms with Crippen LogP contribution in [0.1, 0.15) is 5.56 Å². The Bertz CT molecular complexity index is 640. The summed E-state index contributed by atoms with van der Waals surface area (Å²) >= 11 is 1.76. The van der Waals surface area contributed by atoms with Gasteiger partial charge in [0.05, 0.1) is 7.11 Å². The SMILES string of the molecule is COc1ccc2c(ccn2CCc2ccsc2)c1. The lowest BCUT2D eigenvalue weighted by Crippen LogP contribution is -1.98. The van der Waals surface area contributed by atoms with E-state index in [4.69, 9.17) is 4.74 Å². The molecular weight excluding hydrogens is 242 g/mol. The second-order valence-electron chi connectivity index (χ2n) is 4.32. The molecule has 92 valence electrons. The van der Waals surface area contributed by atoms with E-state index in [1.54, 1.807) is 18.4 Å². The van der Waals surface area contributed by atoms with Crippen LogP contribution in [-0.4, -0.2) is 11.7 Å². The molecule has 0 saturated carbocycles. The molecule has 0 aliphatic heterocycles. The average molecular weight is 257 g/mol. The predicted octanol–water partition coefficient (Wildman–Crippen LogP) is 3.95. The molecule has 2 nitrogen and oxygen atoms in total. The molecule has 0 aliphatic rings. The van der Waals surface area contributed by atoms with Crippen LogP contribution in [0, 0.1) is 0 Å². The van der Waals surface area contributed by atoms with Gasteiger partial charge in [-0.25, -0.2) is 0 Å². The van der Waals surface area contributed by atoms with Crippen LogP contribution in [0.4, 0.5) is 0 Å². The molecule has 2 aromatic heterocycles. The maximum Gasteiger partial charge on any atom is 0.119 e. The van der Waals surface area contributed by atoms with Gasteiger partial charge < -0.3 is 9.30 Å². The van der Waals surface area contributed by atoms with E-state index in [0.717, 1.165) is 18.7 Å². The Morgan fingerprint density at radius 3 is 2.94 bits per heavy atom. The van der Waals surface area contributed by atoms with E-state index in [0.29, 0.717) is 0 Å². The number of hydrogen-bond donors (Lipinski definition) is 0. The summed E-state index contributed by atoms with van der Waals surface area (Å²) in [7, 11) is 1.70. The molecule has 0 atom stereocenters. The summed E-state index contributed by atoms with van der Waals surface area (Å²) < 4.78 is 7.54. The molecule has 3 rings (SSSR count). The summed E-state index contributed by atoms with van der Waals surface area (Å²) in [5.74, 6) is 0.915. The highest BCUT2D eigenvalue weighted by Crippen LogP contribution is 2.22. The number of benzene rings is 1. The lowest BCUT2D eigenvalue weighted by Gasteiger charge is -2.05. The van der Waals surface area contributed by atoms with E-state index in [-0.39, 0.29) is 0 Å². The summed E-state index contributed by atoms with van der Waals surface area (Å²) in [6.07, 6.45) is 3.23. The van der Waals surface area contributed by atoms with Crippen molar-refractivity contribution in [3.8, 4) is 5.75 Å². The van der Waals surface area contributed by atoms with E-state index in [9.17, 15) is 0 Å². The van der Waals surface area contributed by atoms with Crippen LogP contribution in [0.2, 0.25) is 0 Å². The zero-order chi connectivity index (χ0) is 12.4. The van der Waals surface area contributed by atoms with Gasteiger partial charge in [0.15, 0.2) is 0 Å². The van der Waals surface area contributed by atoms with Crippen LogP contribution >= 0.6 is 11.3 Å². The zero-order valence-corrected chi connectivity index (χ0v) is 11.1. The molecule has 0 unspecified atom stereocenters. The molecule has 18 heavy (non-hydrogen) atoms. The van der Waals surface area contributed by atoms with E-state index in [1.165, 1.54) is 16.5 Å². The molecule has 0 N–H and O–H groups in total. The smallest absolute Gasteiger partial charge is 0.119 e. The Morgan fingerprint density at radius 2 is 2.17 bits per heavy atom. The van der Waals surface area contributed by atoms with Gasteiger partial charge in [-0.1, -0.05) is 0 Å². The van der Waals surface area contributed by atoms with Crippen molar-refractivity contribution in [3.05, 3.63) is 52.9 Å². The Morgan fingerprint density at radius 1 is 1.22 bits per heavy atom. The van der Waals surface area contributed by atoms with Crippen LogP contribution in [0.5, 0.6) is 5.75 Å². The second kappa shape index (κ2) is 4.86. The van der Waals surface area contributed by atoms with Crippen molar-refractivity contribution >= 4 is 22.2 Å². The van der Waals surface area contributed by atoms with Gasteiger partial charge in [-0.3, -0.25) is 0 Å². The lowest BCUT2D eigenvalue weighted by molar-refractivity contribution is 0.415. The third kappa shape index (κ3) is 2.14. The highest BCUT2D eigenvalue weighted by atomic mass is 32.1. The van der Waals surface area contributed by atoms with Gasteiger partial charge in [0.1, 0.15) is 5.75 Å². The molecule has 1 aromatic carbocycles. The molecule has 0 saturated heterocycles. The summed E-state index contributed by atoms with van der Waals surface area (Å²) in [6.45, 7) is 1.02. The molecule has 3 heteroatoms. The first-order chi connectivity index (χ1) is 8.86. The Hall–Kier alpha value is -1.74. The number of methoxy groups -OCH3 is 1. The number of aryl methyl sites for hydroxylation is 2. The van der Waals surface area contributed by atoms with Crippen LogP contribution in [0.25, 0.3) is 10.9 Å². The first-order valence-corrected chi connectivity index (χ1v) is 6.95. The van der Waals surface area contributed by atoms with Gasteiger partial charge in [0.25, 0.3) is 0 Å². The number of thiophene rings is 1. The third-order valence-electron chi connectivity index (χ3n) is 3.20. The topological polar surface area (TPSA) is 14.2 Å². The summed E-state index contributed by atoms with van der Waals surface area (Å²) in [5, 5.41) is 5.59. The van der Waals surface area contributed by atoms with Gasteiger partial charge in [0, 0.05) is 23.6 Å². The standard InChI is InChI=1S/C15H15NOS/c1-17-14-2-3-15-13(10-14)5-8-16(15)7-4-12-6-9-18-11-12/h2-3,5-6,8-11H,4,7H2,1H3. The molecule has 0 aliphatic carbocycles. The van der Waals surface area contributed by atoms with E-state index in [2.05, 4.69) is 45.8 Å². The Balaban J connectivity index is 1.84. The minimum Gasteiger partial charge on any atom is -0.497 e. The number of rotatable bonds is 4. The maximum absolute atomic E-state index is 5.24. The molecule has 3 aromatic rings. The number of ether oxygens (including phenoxy) is 1. The van der Waals surface area contributed by atoms with Gasteiger partial charge in [-0.15, -0.1) is 0 Å². The Labute approximate surface area is 110 Å². The quantitative estimate of drug-likeness (QED) is 0.690. The van der Waals surface area contributed by atoms with Gasteiger partial charge in [-0.05, 0) is 53.1 Å². The maximum atomic E-state index is 5.24.